The summed E-state index contributed by atoms with van der Waals surface area (Å²) in [5.41, 5.74) is 2.62. The fraction of sp³-hybridized carbons (Fsp3) is 0.308. The molecule has 178 valence electrons. The lowest BCUT2D eigenvalue weighted by Crippen LogP contribution is -2.27. The number of carbonyl (C=O) groups excluding carboxylic acids is 2. The van der Waals surface area contributed by atoms with Gasteiger partial charge in [-0.1, -0.05) is 55.6 Å². The second-order valence-electron chi connectivity index (χ2n) is 9.55. The van der Waals surface area contributed by atoms with Gasteiger partial charge in [0, 0.05) is 20.6 Å². The van der Waals surface area contributed by atoms with Crippen LogP contribution in [0.15, 0.2) is 42.5 Å². The van der Waals surface area contributed by atoms with Crippen LogP contribution in [0.1, 0.15) is 58.3 Å². The van der Waals surface area contributed by atoms with Crippen molar-refractivity contribution >= 4 is 68.6 Å². The maximum Gasteiger partial charge on any atom is 0.258 e. The fourth-order valence-corrected chi connectivity index (χ4v) is 6.16. The van der Waals surface area contributed by atoms with Crippen molar-refractivity contribution < 1.29 is 9.59 Å². The topological polar surface area (TPSA) is 58.2 Å². The van der Waals surface area contributed by atoms with Crippen molar-refractivity contribution in [2.24, 2.45) is 11.3 Å². The van der Waals surface area contributed by atoms with Crippen LogP contribution in [0.2, 0.25) is 15.1 Å². The molecule has 0 fully saturated rings. The van der Waals surface area contributed by atoms with Crippen molar-refractivity contribution in [3.05, 3.63) is 79.1 Å². The number of rotatable bonds is 4. The predicted octanol–water partition coefficient (Wildman–Crippen LogP) is 8.36. The zero-order valence-electron chi connectivity index (χ0n) is 19.1. The van der Waals surface area contributed by atoms with Gasteiger partial charge < -0.3 is 10.6 Å². The van der Waals surface area contributed by atoms with Crippen molar-refractivity contribution in [3.8, 4) is 0 Å². The Morgan fingerprint density at radius 2 is 1.62 bits per heavy atom. The summed E-state index contributed by atoms with van der Waals surface area (Å²) in [6, 6.07) is 11.7. The third kappa shape index (κ3) is 5.44. The van der Waals surface area contributed by atoms with Gasteiger partial charge in [-0.25, -0.2) is 0 Å². The Bertz CT molecular complexity index is 1250. The molecule has 0 saturated carbocycles. The maximum absolute atomic E-state index is 13.4. The standard InChI is InChI=1S/C26H25Cl3N2O2S/c1-26(2,3)14-4-10-19-21(12-14)34-25(31-23(32)18-11-7-16(28)13-20(18)29)22(19)24(33)30-17-8-5-15(27)6-9-17/h5-9,11,13-14H,4,10,12H2,1-3H3,(H,30,33)(H,31,32)/t14-/m0/s1. The number of hydrogen-bond donors (Lipinski definition) is 2. The normalized spacial score (nSPS) is 15.5. The molecule has 0 unspecified atom stereocenters. The summed E-state index contributed by atoms with van der Waals surface area (Å²) in [6.45, 7) is 6.74. The molecule has 1 aliphatic rings. The Balaban J connectivity index is 1.69. The van der Waals surface area contributed by atoms with Gasteiger partial charge in [-0.05, 0) is 78.6 Å². The minimum Gasteiger partial charge on any atom is -0.322 e. The molecular weight excluding hydrogens is 511 g/mol. The highest BCUT2D eigenvalue weighted by Gasteiger charge is 2.34. The van der Waals surface area contributed by atoms with Gasteiger partial charge >= 0.3 is 0 Å². The van der Waals surface area contributed by atoms with Gasteiger partial charge in [0.1, 0.15) is 5.00 Å². The number of anilines is 2. The average molecular weight is 536 g/mol. The number of benzene rings is 2. The SMILES string of the molecule is CC(C)(C)[C@H]1CCc2c(sc(NC(=O)c3ccc(Cl)cc3Cl)c2C(=O)Nc2ccc(Cl)cc2)C1. The third-order valence-corrected chi connectivity index (χ3v) is 8.19. The second kappa shape index (κ2) is 9.90. The van der Waals surface area contributed by atoms with Crippen LogP contribution in [-0.2, 0) is 12.8 Å². The van der Waals surface area contributed by atoms with Crippen LogP contribution < -0.4 is 10.6 Å². The van der Waals surface area contributed by atoms with E-state index < -0.39 is 0 Å². The van der Waals surface area contributed by atoms with Crippen LogP contribution in [0.25, 0.3) is 0 Å². The van der Waals surface area contributed by atoms with E-state index in [-0.39, 0.29) is 22.3 Å². The van der Waals surface area contributed by atoms with Crippen LogP contribution in [-0.4, -0.2) is 11.8 Å². The van der Waals surface area contributed by atoms with E-state index in [0.29, 0.717) is 37.8 Å². The van der Waals surface area contributed by atoms with Crippen LogP contribution >= 0.6 is 46.1 Å². The molecule has 0 aliphatic heterocycles. The van der Waals surface area contributed by atoms with Crippen LogP contribution in [0, 0.1) is 11.3 Å². The molecule has 2 N–H and O–H groups in total. The van der Waals surface area contributed by atoms with Gasteiger partial charge in [0.05, 0.1) is 16.1 Å². The summed E-state index contributed by atoms with van der Waals surface area (Å²) < 4.78 is 0. The molecule has 0 bridgehead atoms. The monoisotopic (exact) mass is 534 g/mol. The van der Waals surface area contributed by atoms with Crippen molar-refractivity contribution in [2.45, 2.75) is 40.0 Å². The van der Waals surface area contributed by atoms with Gasteiger partial charge in [0.15, 0.2) is 0 Å². The summed E-state index contributed by atoms with van der Waals surface area (Å²) in [4.78, 5) is 27.6. The minimum absolute atomic E-state index is 0.160. The molecule has 2 aromatic carbocycles. The van der Waals surface area contributed by atoms with E-state index in [1.807, 2.05) is 0 Å². The summed E-state index contributed by atoms with van der Waals surface area (Å²) in [5.74, 6) is -0.139. The lowest BCUT2D eigenvalue weighted by molar-refractivity contribution is 0.102. The summed E-state index contributed by atoms with van der Waals surface area (Å²) in [6.07, 6.45) is 2.65. The highest BCUT2D eigenvalue weighted by Crippen LogP contribution is 2.44. The molecule has 4 rings (SSSR count). The Morgan fingerprint density at radius 1 is 0.941 bits per heavy atom. The Hall–Kier alpha value is -2.05. The molecule has 2 amide bonds. The number of halogens is 3. The Morgan fingerprint density at radius 3 is 2.26 bits per heavy atom. The lowest BCUT2D eigenvalue weighted by atomic mass is 9.72. The molecular formula is C26H25Cl3N2O2S. The van der Waals surface area contributed by atoms with Crippen molar-refractivity contribution in [1.82, 2.24) is 0 Å². The molecule has 34 heavy (non-hydrogen) atoms. The van der Waals surface area contributed by atoms with Crippen LogP contribution in [0.5, 0.6) is 0 Å². The number of carbonyl (C=O) groups is 2. The van der Waals surface area contributed by atoms with E-state index in [1.54, 1.807) is 36.4 Å². The van der Waals surface area contributed by atoms with Gasteiger partial charge in [0.25, 0.3) is 11.8 Å². The van der Waals surface area contributed by atoms with Gasteiger partial charge in [-0.15, -0.1) is 11.3 Å². The maximum atomic E-state index is 13.4. The number of hydrogen-bond acceptors (Lipinski definition) is 3. The highest BCUT2D eigenvalue weighted by molar-refractivity contribution is 7.17. The molecule has 1 aromatic heterocycles. The molecule has 1 aliphatic carbocycles. The van der Waals surface area contributed by atoms with Gasteiger partial charge in [-0.3, -0.25) is 9.59 Å². The number of thiophene rings is 1. The first-order chi connectivity index (χ1) is 16.0. The molecule has 3 aromatic rings. The van der Waals surface area contributed by atoms with E-state index in [9.17, 15) is 9.59 Å². The van der Waals surface area contributed by atoms with E-state index >= 15 is 0 Å². The molecule has 1 heterocycles. The van der Waals surface area contributed by atoms with Crippen molar-refractivity contribution in [1.29, 1.82) is 0 Å². The molecule has 1 atom stereocenters. The number of fused-ring (bicyclic) bond motifs is 1. The summed E-state index contributed by atoms with van der Waals surface area (Å²) in [5, 5.41) is 7.72. The third-order valence-electron chi connectivity index (χ3n) is 6.22. The zero-order valence-corrected chi connectivity index (χ0v) is 22.2. The van der Waals surface area contributed by atoms with Gasteiger partial charge in [-0.2, -0.15) is 0 Å². The second-order valence-corrected chi connectivity index (χ2v) is 11.9. The van der Waals surface area contributed by atoms with E-state index in [1.165, 1.54) is 17.4 Å². The Labute approximate surface area is 218 Å². The van der Waals surface area contributed by atoms with E-state index in [2.05, 4.69) is 31.4 Å². The minimum atomic E-state index is -0.381. The first kappa shape index (κ1) is 25.1. The molecule has 4 nitrogen and oxygen atoms in total. The molecule has 0 saturated heterocycles. The quantitative estimate of drug-likeness (QED) is 0.352. The van der Waals surface area contributed by atoms with Crippen LogP contribution in [0.4, 0.5) is 10.7 Å². The van der Waals surface area contributed by atoms with Crippen molar-refractivity contribution in [2.75, 3.05) is 10.6 Å². The summed E-state index contributed by atoms with van der Waals surface area (Å²) >= 11 is 19.7. The highest BCUT2D eigenvalue weighted by atomic mass is 35.5. The average Bonchev–Trinajstić information content (AvgIpc) is 3.11. The molecule has 0 radical (unpaired) electrons. The lowest BCUT2D eigenvalue weighted by Gasteiger charge is -2.33. The first-order valence-electron chi connectivity index (χ1n) is 11.0. The zero-order chi connectivity index (χ0) is 24.6. The summed E-state index contributed by atoms with van der Waals surface area (Å²) in [7, 11) is 0. The van der Waals surface area contributed by atoms with E-state index in [0.717, 1.165) is 29.7 Å². The fourth-order valence-electron chi connectivity index (χ4n) is 4.22. The Kier molecular flexibility index (Phi) is 7.30. The smallest absolute Gasteiger partial charge is 0.258 e. The van der Waals surface area contributed by atoms with Crippen LogP contribution in [0.3, 0.4) is 0 Å². The number of amides is 2. The van der Waals surface area contributed by atoms with E-state index in [4.69, 9.17) is 34.8 Å². The predicted molar refractivity (Wildman–Crippen MR) is 143 cm³/mol. The molecule has 0 spiro atoms. The van der Waals surface area contributed by atoms with Gasteiger partial charge in [0.2, 0.25) is 0 Å². The number of nitrogens with one attached hydrogen (secondary N) is 2. The molecule has 8 heteroatoms. The largest absolute Gasteiger partial charge is 0.322 e. The van der Waals surface area contributed by atoms with Crippen molar-refractivity contribution in [3.63, 3.8) is 0 Å². The first-order valence-corrected chi connectivity index (χ1v) is 13.0.